The van der Waals surface area contributed by atoms with Crippen molar-refractivity contribution in [1.29, 1.82) is 0 Å². The summed E-state index contributed by atoms with van der Waals surface area (Å²) in [5.74, 6) is -0.720. The van der Waals surface area contributed by atoms with Crippen LogP contribution in [-0.4, -0.2) is 66.1 Å². The topological polar surface area (TPSA) is 98.7 Å². The predicted molar refractivity (Wildman–Crippen MR) is 74.3 cm³/mol. The number of carboxylic acids is 1. The van der Waals surface area contributed by atoms with Crippen molar-refractivity contribution in [2.24, 2.45) is 0 Å². The number of urea groups is 1. The van der Waals surface area contributed by atoms with E-state index in [4.69, 9.17) is 5.11 Å². The molecular formula is C11H21N3O4S. The van der Waals surface area contributed by atoms with Gasteiger partial charge in [0.1, 0.15) is 12.6 Å². The molecule has 0 bridgehead atoms. The Morgan fingerprint density at radius 3 is 2.47 bits per heavy atom. The Labute approximate surface area is 117 Å². The molecule has 0 rings (SSSR count). The molecule has 0 saturated heterocycles. The van der Waals surface area contributed by atoms with Gasteiger partial charge in [-0.3, -0.25) is 4.79 Å². The van der Waals surface area contributed by atoms with Crippen molar-refractivity contribution in [3.8, 4) is 0 Å². The Balaban J connectivity index is 4.30. The summed E-state index contributed by atoms with van der Waals surface area (Å²) in [6.45, 7) is 2.16. The maximum Gasteiger partial charge on any atom is 0.326 e. The molecule has 3 N–H and O–H groups in total. The number of hydrogen-bond donors (Lipinski definition) is 3. The van der Waals surface area contributed by atoms with Crippen LogP contribution in [0.5, 0.6) is 0 Å². The summed E-state index contributed by atoms with van der Waals surface area (Å²) in [4.78, 5) is 35.1. The van der Waals surface area contributed by atoms with Crippen LogP contribution in [0.3, 0.4) is 0 Å². The van der Waals surface area contributed by atoms with E-state index in [1.165, 1.54) is 18.8 Å². The first-order valence-corrected chi connectivity index (χ1v) is 7.31. The quantitative estimate of drug-likeness (QED) is 0.583. The molecule has 110 valence electrons. The molecule has 7 nitrogen and oxygen atoms in total. The number of carboxylic acid groups (broad SMARTS) is 1. The fourth-order valence-corrected chi connectivity index (χ4v) is 1.76. The van der Waals surface area contributed by atoms with Gasteiger partial charge in [0.2, 0.25) is 5.91 Å². The highest BCUT2D eigenvalue weighted by molar-refractivity contribution is 7.98. The van der Waals surface area contributed by atoms with E-state index in [2.05, 4.69) is 10.6 Å². The van der Waals surface area contributed by atoms with Crippen LogP contribution in [0, 0.1) is 0 Å². The molecule has 0 aliphatic carbocycles. The lowest BCUT2D eigenvalue weighted by molar-refractivity contribution is -0.139. The Morgan fingerprint density at radius 2 is 2.00 bits per heavy atom. The van der Waals surface area contributed by atoms with Gasteiger partial charge in [-0.05, 0) is 25.4 Å². The molecule has 0 fully saturated rings. The standard InChI is InChI=1S/C11H21N3O4S/c1-4-12-9(15)7-14(2)11(18)13-8(10(16)17)5-6-19-3/h8H,4-7H2,1-3H3,(H,12,15)(H,13,18)(H,16,17). The second kappa shape index (κ2) is 9.48. The van der Waals surface area contributed by atoms with E-state index in [1.807, 2.05) is 6.26 Å². The van der Waals surface area contributed by atoms with Crippen LogP contribution in [0.25, 0.3) is 0 Å². The van der Waals surface area contributed by atoms with Crippen LogP contribution >= 0.6 is 11.8 Å². The minimum absolute atomic E-state index is 0.103. The molecule has 1 unspecified atom stereocenters. The summed E-state index contributed by atoms with van der Waals surface area (Å²) in [7, 11) is 1.44. The minimum Gasteiger partial charge on any atom is -0.480 e. The Hall–Kier alpha value is -1.44. The third-order valence-corrected chi connectivity index (χ3v) is 2.95. The van der Waals surface area contributed by atoms with Crippen LogP contribution in [-0.2, 0) is 9.59 Å². The number of aliphatic carboxylic acids is 1. The van der Waals surface area contributed by atoms with Crippen molar-refractivity contribution in [2.45, 2.75) is 19.4 Å². The second-order valence-corrected chi connectivity index (χ2v) is 4.92. The summed E-state index contributed by atoms with van der Waals surface area (Å²) in [6, 6.07) is -1.50. The van der Waals surface area contributed by atoms with Crippen LogP contribution < -0.4 is 10.6 Å². The number of nitrogens with one attached hydrogen (secondary N) is 2. The van der Waals surface area contributed by atoms with E-state index >= 15 is 0 Å². The number of carbonyl (C=O) groups is 3. The van der Waals surface area contributed by atoms with Gasteiger partial charge in [-0.15, -0.1) is 0 Å². The normalized spacial score (nSPS) is 11.5. The molecule has 0 aliphatic rings. The largest absolute Gasteiger partial charge is 0.480 e. The minimum atomic E-state index is -1.08. The summed E-state index contributed by atoms with van der Waals surface area (Å²) in [5, 5.41) is 13.9. The van der Waals surface area contributed by atoms with Gasteiger partial charge in [-0.2, -0.15) is 11.8 Å². The second-order valence-electron chi connectivity index (χ2n) is 3.93. The van der Waals surface area contributed by atoms with Gasteiger partial charge in [0, 0.05) is 13.6 Å². The summed E-state index contributed by atoms with van der Waals surface area (Å²) in [6.07, 6.45) is 2.21. The summed E-state index contributed by atoms with van der Waals surface area (Å²) >= 11 is 1.51. The maximum atomic E-state index is 11.7. The van der Waals surface area contributed by atoms with Gasteiger partial charge >= 0.3 is 12.0 Å². The number of hydrogen-bond acceptors (Lipinski definition) is 4. The molecule has 0 saturated carbocycles. The molecule has 0 aliphatic heterocycles. The molecular weight excluding hydrogens is 270 g/mol. The van der Waals surface area contributed by atoms with Crippen LogP contribution in [0.2, 0.25) is 0 Å². The molecule has 8 heteroatoms. The highest BCUT2D eigenvalue weighted by Crippen LogP contribution is 2.01. The molecule has 19 heavy (non-hydrogen) atoms. The lowest BCUT2D eigenvalue weighted by Crippen LogP contribution is -2.49. The fourth-order valence-electron chi connectivity index (χ4n) is 1.29. The van der Waals surface area contributed by atoms with E-state index in [-0.39, 0.29) is 12.5 Å². The summed E-state index contributed by atoms with van der Waals surface area (Å²) in [5.41, 5.74) is 0. The van der Waals surface area contributed by atoms with E-state index in [1.54, 1.807) is 6.92 Å². The van der Waals surface area contributed by atoms with Gasteiger partial charge in [0.25, 0.3) is 0 Å². The Kier molecular flexibility index (Phi) is 8.77. The zero-order valence-corrected chi connectivity index (χ0v) is 12.2. The van der Waals surface area contributed by atoms with Crippen molar-refractivity contribution in [3.63, 3.8) is 0 Å². The SMILES string of the molecule is CCNC(=O)CN(C)C(=O)NC(CCSC)C(=O)O. The van der Waals surface area contributed by atoms with Gasteiger partial charge in [-0.25, -0.2) is 9.59 Å². The first kappa shape index (κ1) is 17.6. The molecule has 0 spiro atoms. The molecule has 0 aromatic heterocycles. The van der Waals surface area contributed by atoms with Crippen LogP contribution in [0.1, 0.15) is 13.3 Å². The molecule has 0 aromatic carbocycles. The average Bonchev–Trinajstić information content (AvgIpc) is 2.33. The van der Waals surface area contributed by atoms with Gasteiger partial charge < -0.3 is 20.6 Å². The van der Waals surface area contributed by atoms with Gasteiger partial charge in [-0.1, -0.05) is 0 Å². The highest BCUT2D eigenvalue weighted by atomic mass is 32.2. The maximum absolute atomic E-state index is 11.7. The van der Waals surface area contributed by atoms with E-state index in [0.717, 1.165) is 4.90 Å². The van der Waals surface area contributed by atoms with Crippen LogP contribution in [0.15, 0.2) is 0 Å². The lowest BCUT2D eigenvalue weighted by Gasteiger charge is -2.20. The third kappa shape index (κ3) is 7.55. The number of thioether (sulfide) groups is 1. The molecule has 0 radical (unpaired) electrons. The predicted octanol–water partition coefficient (Wildman–Crippen LogP) is -0.0298. The van der Waals surface area contributed by atoms with E-state index in [9.17, 15) is 14.4 Å². The smallest absolute Gasteiger partial charge is 0.326 e. The summed E-state index contributed by atoms with van der Waals surface area (Å²) < 4.78 is 0. The van der Waals surface area contributed by atoms with Crippen molar-refractivity contribution in [3.05, 3.63) is 0 Å². The highest BCUT2D eigenvalue weighted by Gasteiger charge is 2.21. The molecule has 3 amide bonds. The van der Waals surface area contributed by atoms with E-state index < -0.39 is 18.0 Å². The molecule has 1 atom stereocenters. The van der Waals surface area contributed by atoms with E-state index in [0.29, 0.717) is 18.7 Å². The average molecular weight is 291 g/mol. The van der Waals surface area contributed by atoms with Gasteiger partial charge in [0.05, 0.1) is 0 Å². The molecule has 0 aromatic rings. The number of rotatable bonds is 8. The van der Waals surface area contributed by atoms with Gasteiger partial charge in [0.15, 0.2) is 0 Å². The Morgan fingerprint density at radius 1 is 1.37 bits per heavy atom. The number of amides is 3. The van der Waals surface area contributed by atoms with Crippen molar-refractivity contribution >= 4 is 29.7 Å². The Bertz CT molecular complexity index is 325. The first-order chi connectivity index (χ1) is 8.92. The zero-order valence-electron chi connectivity index (χ0n) is 11.4. The van der Waals surface area contributed by atoms with Crippen molar-refractivity contribution in [1.82, 2.24) is 15.5 Å². The first-order valence-electron chi connectivity index (χ1n) is 5.92. The monoisotopic (exact) mass is 291 g/mol. The number of nitrogens with zero attached hydrogens (tertiary/aromatic N) is 1. The van der Waals surface area contributed by atoms with Crippen molar-refractivity contribution in [2.75, 3.05) is 32.1 Å². The lowest BCUT2D eigenvalue weighted by atomic mass is 10.2. The molecule has 0 heterocycles. The number of likely N-dealkylation sites (N-methyl/N-ethyl adjacent to an activating group) is 2. The third-order valence-electron chi connectivity index (χ3n) is 2.31. The fraction of sp³-hybridized carbons (Fsp3) is 0.727. The zero-order chi connectivity index (χ0) is 14.8. The number of carbonyl (C=O) groups excluding carboxylic acids is 2. The van der Waals surface area contributed by atoms with Crippen LogP contribution in [0.4, 0.5) is 4.79 Å². The van der Waals surface area contributed by atoms with Crippen molar-refractivity contribution < 1.29 is 19.5 Å².